The molecule has 1 saturated heterocycles. The van der Waals surface area contributed by atoms with Crippen LogP contribution in [0.15, 0.2) is 36.5 Å². The van der Waals surface area contributed by atoms with E-state index in [0.717, 1.165) is 30.0 Å². The highest BCUT2D eigenvalue weighted by atomic mass is 35.5. The number of nitrogens with one attached hydrogen (secondary N) is 2. The second-order valence-corrected chi connectivity index (χ2v) is 5.61. The topological polar surface area (TPSA) is 54.0 Å². The Hall–Kier alpha value is -1.43. The average Bonchev–Trinajstić information content (AvgIpc) is 3.11. The molecule has 2 aromatic rings. The lowest BCUT2D eigenvalue weighted by Crippen LogP contribution is -2.24. The van der Waals surface area contributed by atoms with Gasteiger partial charge in [0.2, 0.25) is 5.91 Å². The molecule has 0 radical (unpaired) electrons. The minimum Gasteiger partial charge on any atom is -0.316 e. The Morgan fingerprint density at radius 1 is 1.35 bits per heavy atom. The third-order valence-electron chi connectivity index (χ3n) is 3.23. The molecular weight excluding hydrogens is 294 g/mol. The zero-order chi connectivity index (χ0) is 13.1. The molecule has 1 aromatic carbocycles. The summed E-state index contributed by atoms with van der Waals surface area (Å²) in [5, 5.41) is 6.77. The molecule has 1 aromatic heterocycles. The van der Waals surface area contributed by atoms with Gasteiger partial charge in [-0.15, -0.1) is 12.4 Å². The zero-order valence-electron chi connectivity index (χ0n) is 10.8. The van der Waals surface area contributed by atoms with Gasteiger partial charge in [0.25, 0.3) is 0 Å². The van der Waals surface area contributed by atoms with E-state index in [4.69, 9.17) is 0 Å². The van der Waals surface area contributed by atoms with Gasteiger partial charge in [-0.2, -0.15) is 0 Å². The van der Waals surface area contributed by atoms with Crippen LogP contribution in [-0.2, 0) is 4.79 Å². The Kier molecular flexibility index (Phi) is 5.11. The highest BCUT2D eigenvalue weighted by Crippen LogP contribution is 2.29. The highest BCUT2D eigenvalue weighted by molar-refractivity contribution is 7.19. The smallest absolute Gasteiger partial charge is 0.230 e. The summed E-state index contributed by atoms with van der Waals surface area (Å²) in [4.78, 5) is 17.3. The minimum absolute atomic E-state index is 0. The molecule has 20 heavy (non-hydrogen) atoms. The van der Waals surface area contributed by atoms with E-state index in [1.165, 1.54) is 11.3 Å². The number of aromatic nitrogens is 1. The Morgan fingerprint density at radius 3 is 2.85 bits per heavy atom. The van der Waals surface area contributed by atoms with Crippen molar-refractivity contribution in [3.05, 3.63) is 36.5 Å². The number of rotatable bonds is 3. The maximum Gasteiger partial charge on any atom is 0.230 e. The molecule has 1 aliphatic rings. The van der Waals surface area contributed by atoms with Gasteiger partial charge in [-0.05, 0) is 18.5 Å². The summed E-state index contributed by atoms with van der Waals surface area (Å²) in [5.41, 5.74) is 1.13. The first-order chi connectivity index (χ1) is 9.33. The maximum absolute atomic E-state index is 12.0. The number of nitrogens with zero attached hydrogens (tertiary/aromatic N) is 1. The van der Waals surface area contributed by atoms with Gasteiger partial charge in [0.15, 0.2) is 5.13 Å². The second kappa shape index (κ2) is 6.83. The first-order valence-corrected chi connectivity index (χ1v) is 7.17. The number of carbonyl (C=O) groups is 1. The number of halogens is 1. The van der Waals surface area contributed by atoms with Gasteiger partial charge in [0.05, 0.1) is 10.8 Å². The van der Waals surface area contributed by atoms with E-state index >= 15 is 0 Å². The van der Waals surface area contributed by atoms with Crippen LogP contribution in [0.25, 0.3) is 10.4 Å². The van der Waals surface area contributed by atoms with Crippen LogP contribution in [0.2, 0.25) is 0 Å². The van der Waals surface area contributed by atoms with Crippen molar-refractivity contribution >= 4 is 34.8 Å². The number of carbonyl (C=O) groups excluding carboxylic acids is 1. The van der Waals surface area contributed by atoms with Gasteiger partial charge in [-0.25, -0.2) is 4.98 Å². The summed E-state index contributed by atoms with van der Waals surface area (Å²) in [5.74, 6) is 0.142. The molecule has 6 heteroatoms. The molecule has 0 saturated carbocycles. The molecule has 1 amide bonds. The Morgan fingerprint density at radius 2 is 2.15 bits per heavy atom. The standard InChI is InChI=1S/C14H15N3OS.ClH/c18-13(11-6-7-15-8-11)17-14-16-9-12(19-14)10-4-2-1-3-5-10;/h1-5,9,11,15H,6-8H2,(H,16,17,18);1H. The number of anilines is 1. The average molecular weight is 310 g/mol. The van der Waals surface area contributed by atoms with Crippen LogP contribution in [0, 0.1) is 5.92 Å². The van der Waals surface area contributed by atoms with Crippen molar-refractivity contribution in [1.29, 1.82) is 0 Å². The fourth-order valence-corrected chi connectivity index (χ4v) is 2.98. The lowest BCUT2D eigenvalue weighted by atomic mass is 10.1. The largest absolute Gasteiger partial charge is 0.316 e. The van der Waals surface area contributed by atoms with E-state index in [0.29, 0.717) is 5.13 Å². The van der Waals surface area contributed by atoms with Crippen molar-refractivity contribution < 1.29 is 4.79 Å². The minimum atomic E-state index is 0. The van der Waals surface area contributed by atoms with E-state index in [2.05, 4.69) is 15.6 Å². The number of benzene rings is 1. The molecule has 4 nitrogen and oxygen atoms in total. The van der Waals surface area contributed by atoms with Crippen molar-refractivity contribution in [3.8, 4) is 10.4 Å². The number of hydrogen-bond donors (Lipinski definition) is 2. The van der Waals surface area contributed by atoms with Gasteiger partial charge in [-0.3, -0.25) is 4.79 Å². The van der Waals surface area contributed by atoms with Crippen LogP contribution >= 0.6 is 23.7 Å². The number of hydrogen-bond acceptors (Lipinski definition) is 4. The summed E-state index contributed by atoms with van der Waals surface area (Å²) in [6.45, 7) is 1.69. The predicted octanol–water partition coefficient (Wildman–Crippen LogP) is 2.78. The van der Waals surface area contributed by atoms with Crippen molar-refractivity contribution in [2.45, 2.75) is 6.42 Å². The number of thiazole rings is 1. The molecule has 1 unspecified atom stereocenters. The van der Waals surface area contributed by atoms with Crippen LogP contribution in [-0.4, -0.2) is 24.0 Å². The predicted molar refractivity (Wildman–Crippen MR) is 84.4 cm³/mol. The molecule has 1 fully saturated rings. The van der Waals surface area contributed by atoms with Crippen LogP contribution in [0.3, 0.4) is 0 Å². The van der Waals surface area contributed by atoms with Gasteiger partial charge >= 0.3 is 0 Å². The molecule has 1 aliphatic heterocycles. The summed E-state index contributed by atoms with van der Waals surface area (Å²) >= 11 is 1.51. The van der Waals surface area contributed by atoms with Crippen molar-refractivity contribution in [2.24, 2.45) is 5.92 Å². The molecule has 0 aliphatic carbocycles. The molecular formula is C14H16ClN3OS. The first-order valence-electron chi connectivity index (χ1n) is 6.36. The quantitative estimate of drug-likeness (QED) is 0.916. The number of amides is 1. The molecule has 106 valence electrons. The Bertz CT molecular complexity index is 567. The van der Waals surface area contributed by atoms with Gasteiger partial charge in [0.1, 0.15) is 0 Å². The van der Waals surface area contributed by atoms with Crippen molar-refractivity contribution in [3.63, 3.8) is 0 Å². The van der Waals surface area contributed by atoms with Gasteiger partial charge in [-0.1, -0.05) is 41.7 Å². The summed E-state index contributed by atoms with van der Waals surface area (Å²) in [6.07, 6.45) is 2.71. The molecule has 0 bridgehead atoms. The van der Waals surface area contributed by atoms with Crippen LogP contribution in [0.1, 0.15) is 6.42 Å². The highest BCUT2D eigenvalue weighted by Gasteiger charge is 2.23. The van der Waals surface area contributed by atoms with Crippen LogP contribution in [0.4, 0.5) is 5.13 Å². The first kappa shape index (κ1) is 15.0. The fourth-order valence-electron chi connectivity index (χ4n) is 2.15. The lowest BCUT2D eigenvalue weighted by Gasteiger charge is -2.06. The molecule has 2 N–H and O–H groups in total. The van der Waals surface area contributed by atoms with Gasteiger partial charge < -0.3 is 10.6 Å². The molecule has 0 spiro atoms. The Labute approximate surface area is 128 Å². The SMILES string of the molecule is Cl.O=C(Nc1ncc(-c2ccccc2)s1)C1CCNC1. The van der Waals surface area contributed by atoms with Crippen molar-refractivity contribution in [1.82, 2.24) is 10.3 Å². The van der Waals surface area contributed by atoms with E-state index in [1.807, 2.05) is 36.5 Å². The van der Waals surface area contributed by atoms with Gasteiger partial charge in [0, 0.05) is 12.7 Å². The van der Waals surface area contributed by atoms with Crippen LogP contribution < -0.4 is 10.6 Å². The molecule has 3 rings (SSSR count). The summed E-state index contributed by atoms with van der Waals surface area (Å²) in [6, 6.07) is 10.1. The zero-order valence-corrected chi connectivity index (χ0v) is 12.5. The summed E-state index contributed by atoms with van der Waals surface area (Å²) in [7, 11) is 0. The monoisotopic (exact) mass is 309 g/mol. The molecule has 1 atom stereocenters. The third kappa shape index (κ3) is 3.36. The van der Waals surface area contributed by atoms with E-state index in [1.54, 1.807) is 0 Å². The fraction of sp³-hybridized carbons (Fsp3) is 0.286. The summed E-state index contributed by atoms with van der Waals surface area (Å²) < 4.78 is 0. The lowest BCUT2D eigenvalue weighted by molar-refractivity contribution is -0.119. The Balaban J connectivity index is 0.00000147. The van der Waals surface area contributed by atoms with E-state index in [-0.39, 0.29) is 24.2 Å². The third-order valence-corrected chi connectivity index (χ3v) is 4.19. The maximum atomic E-state index is 12.0. The van der Waals surface area contributed by atoms with Crippen LogP contribution in [0.5, 0.6) is 0 Å². The normalized spacial score (nSPS) is 17.5. The van der Waals surface area contributed by atoms with E-state index in [9.17, 15) is 4.79 Å². The van der Waals surface area contributed by atoms with Crippen molar-refractivity contribution in [2.75, 3.05) is 18.4 Å². The molecule has 2 heterocycles. The van der Waals surface area contributed by atoms with E-state index < -0.39 is 0 Å². The second-order valence-electron chi connectivity index (χ2n) is 4.57.